The minimum Gasteiger partial charge on any atom is -0.212 e. The summed E-state index contributed by atoms with van der Waals surface area (Å²) in [6, 6.07) is 0. The van der Waals surface area contributed by atoms with Crippen LogP contribution in [-0.2, 0) is 11.3 Å². The second kappa shape index (κ2) is 6.02. The van der Waals surface area contributed by atoms with E-state index in [9.17, 15) is 4.21 Å². The molecule has 0 amide bonds. The Hall–Kier alpha value is -0.110. The molecule has 2 heteroatoms. The highest BCUT2D eigenvalue weighted by Crippen LogP contribution is 1.96. The third-order valence-corrected chi connectivity index (χ3v) is 1.82. The Morgan fingerprint density at radius 1 is 1.22 bits per heavy atom. The van der Waals surface area contributed by atoms with Gasteiger partial charge in [-0.15, -0.1) is 0 Å². The molecule has 1 nitrogen and oxygen atoms in total. The fourth-order valence-corrected chi connectivity index (χ4v) is 1.34. The van der Waals surface area contributed by atoms with Crippen LogP contribution in [0.1, 0.15) is 39.5 Å². The molecule has 0 radical (unpaired) electrons. The Morgan fingerprint density at radius 3 is 1.89 bits per heavy atom. The van der Waals surface area contributed by atoms with Crippen molar-refractivity contribution < 1.29 is 4.21 Å². The standard InChI is InChI=1S/C7H14OS/c1-3-5-7(9-8)6-4-2/h3-6H2,1-2H3. The monoisotopic (exact) mass is 146 g/mol. The summed E-state index contributed by atoms with van der Waals surface area (Å²) in [4.78, 5) is 1.11. The lowest BCUT2D eigenvalue weighted by Gasteiger charge is -1.94. The Labute approximate surface area is 60.5 Å². The minimum atomic E-state index is 0.686. The topological polar surface area (TPSA) is 17.1 Å². The zero-order valence-electron chi connectivity index (χ0n) is 6.14. The summed E-state index contributed by atoms with van der Waals surface area (Å²) in [5.41, 5.74) is 0. The molecule has 0 aromatic rings. The lowest BCUT2D eigenvalue weighted by Crippen LogP contribution is -1.94. The zero-order valence-corrected chi connectivity index (χ0v) is 6.96. The van der Waals surface area contributed by atoms with Gasteiger partial charge in [-0.2, -0.15) is 0 Å². The van der Waals surface area contributed by atoms with Crippen LogP contribution in [0.3, 0.4) is 0 Å². The van der Waals surface area contributed by atoms with E-state index in [4.69, 9.17) is 0 Å². The Kier molecular flexibility index (Phi) is 5.94. The molecule has 9 heavy (non-hydrogen) atoms. The second-order valence-electron chi connectivity index (χ2n) is 2.12. The van der Waals surface area contributed by atoms with Crippen molar-refractivity contribution in [3.8, 4) is 0 Å². The van der Waals surface area contributed by atoms with Crippen molar-refractivity contribution in [1.82, 2.24) is 0 Å². The molecular weight excluding hydrogens is 132 g/mol. The van der Waals surface area contributed by atoms with Crippen LogP contribution in [0.25, 0.3) is 0 Å². The molecule has 0 saturated heterocycles. The van der Waals surface area contributed by atoms with E-state index in [2.05, 4.69) is 13.8 Å². The molecule has 0 heterocycles. The predicted octanol–water partition coefficient (Wildman–Crippen LogP) is 1.97. The van der Waals surface area contributed by atoms with Crippen molar-refractivity contribution in [1.29, 1.82) is 0 Å². The lowest BCUT2D eigenvalue weighted by atomic mass is 10.2. The van der Waals surface area contributed by atoms with Crippen LogP contribution in [0.4, 0.5) is 0 Å². The lowest BCUT2D eigenvalue weighted by molar-refractivity contribution is 0.700. The summed E-state index contributed by atoms with van der Waals surface area (Å²) >= 11 is 0.686. The quantitative estimate of drug-likeness (QED) is 0.554. The zero-order chi connectivity index (χ0) is 7.11. The highest BCUT2D eigenvalue weighted by molar-refractivity contribution is 7.66. The van der Waals surface area contributed by atoms with Crippen LogP contribution in [0.2, 0.25) is 0 Å². The van der Waals surface area contributed by atoms with Crippen molar-refractivity contribution in [3.63, 3.8) is 0 Å². The maximum Gasteiger partial charge on any atom is 0.0876 e. The SMILES string of the molecule is CCCC(CCC)=S=O. The fourth-order valence-electron chi connectivity index (χ4n) is 0.766. The summed E-state index contributed by atoms with van der Waals surface area (Å²) in [7, 11) is 0. The molecule has 0 aromatic heterocycles. The van der Waals surface area contributed by atoms with Crippen molar-refractivity contribution in [3.05, 3.63) is 0 Å². The third kappa shape index (κ3) is 4.40. The first-order chi connectivity index (χ1) is 4.35. The highest BCUT2D eigenvalue weighted by atomic mass is 32.1. The van der Waals surface area contributed by atoms with Gasteiger partial charge < -0.3 is 0 Å². The molecule has 0 spiro atoms. The molecule has 0 rings (SSSR count). The van der Waals surface area contributed by atoms with E-state index >= 15 is 0 Å². The van der Waals surface area contributed by atoms with Gasteiger partial charge in [0.1, 0.15) is 0 Å². The number of hydrogen-bond donors (Lipinski definition) is 0. The van der Waals surface area contributed by atoms with Crippen molar-refractivity contribution in [2.75, 3.05) is 0 Å². The van der Waals surface area contributed by atoms with Gasteiger partial charge in [-0.05, 0) is 12.8 Å². The smallest absolute Gasteiger partial charge is 0.0876 e. The van der Waals surface area contributed by atoms with Crippen LogP contribution in [0, 0.1) is 0 Å². The average Bonchev–Trinajstić information content (AvgIpc) is 1.88. The van der Waals surface area contributed by atoms with Gasteiger partial charge in [0, 0.05) is 4.86 Å². The number of hydrogen-bond acceptors (Lipinski definition) is 1. The van der Waals surface area contributed by atoms with Crippen LogP contribution in [-0.4, -0.2) is 9.07 Å². The van der Waals surface area contributed by atoms with Gasteiger partial charge in [-0.1, -0.05) is 26.7 Å². The van der Waals surface area contributed by atoms with E-state index in [0.717, 1.165) is 30.5 Å². The first kappa shape index (κ1) is 8.89. The van der Waals surface area contributed by atoms with Gasteiger partial charge in [0.05, 0.1) is 11.3 Å². The molecule has 0 atom stereocenters. The summed E-state index contributed by atoms with van der Waals surface area (Å²) < 4.78 is 10.3. The van der Waals surface area contributed by atoms with Gasteiger partial charge in [0.2, 0.25) is 0 Å². The molecular formula is C7H14OS. The molecule has 0 unspecified atom stereocenters. The van der Waals surface area contributed by atoms with Gasteiger partial charge >= 0.3 is 0 Å². The summed E-state index contributed by atoms with van der Waals surface area (Å²) in [6.45, 7) is 4.21. The molecule has 0 fully saturated rings. The summed E-state index contributed by atoms with van der Waals surface area (Å²) in [5.74, 6) is 0. The van der Waals surface area contributed by atoms with E-state index in [1.165, 1.54) is 0 Å². The normalized spacial score (nSPS) is 9.11. The van der Waals surface area contributed by atoms with E-state index in [0.29, 0.717) is 11.3 Å². The number of rotatable bonds is 4. The molecule has 54 valence electrons. The van der Waals surface area contributed by atoms with Crippen LogP contribution in [0.5, 0.6) is 0 Å². The predicted molar refractivity (Wildman–Crippen MR) is 43.0 cm³/mol. The van der Waals surface area contributed by atoms with Crippen molar-refractivity contribution in [2.45, 2.75) is 39.5 Å². The highest BCUT2D eigenvalue weighted by Gasteiger charge is 1.93. The van der Waals surface area contributed by atoms with Crippen LogP contribution < -0.4 is 0 Å². The minimum absolute atomic E-state index is 0.686. The van der Waals surface area contributed by atoms with E-state index in [1.54, 1.807) is 0 Å². The summed E-state index contributed by atoms with van der Waals surface area (Å²) in [6.07, 6.45) is 4.21. The van der Waals surface area contributed by atoms with Crippen molar-refractivity contribution >= 4 is 16.1 Å². The molecule has 0 aliphatic heterocycles. The van der Waals surface area contributed by atoms with Crippen LogP contribution >= 0.6 is 0 Å². The maximum atomic E-state index is 10.3. The maximum absolute atomic E-state index is 10.3. The first-order valence-electron chi connectivity index (χ1n) is 3.49. The molecule has 0 aliphatic rings. The van der Waals surface area contributed by atoms with Crippen molar-refractivity contribution in [2.24, 2.45) is 0 Å². The second-order valence-corrected chi connectivity index (χ2v) is 2.87. The summed E-state index contributed by atoms with van der Waals surface area (Å²) in [5, 5.41) is 0. The van der Waals surface area contributed by atoms with Gasteiger partial charge in [0.15, 0.2) is 0 Å². The molecule has 0 aliphatic carbocycles. The molecule has 0 bridgehead atoms. The van der Waals surface area contributed by atoms with Gasteiger partial charge in [-0.25, -0.2) is 4.21 Å². The van der Waals surface area contributed by atoms with Crippen LogP contribution in [0.15, 0.2) is 0 Å². The Morgan fingerprint density at radius 2 is 1.67 bits per heavy atom. The fraction of sp³-hybridized carbons (Fsp3) is 0.857. The van der Waals surface area contributed by atoms with Gasteiger partial charge in [0.25, 0.3) is 0 Å². The van der Waals surface area contributed by atoms with E-state index in [1.807, 2.05) is 0 Å². The third-order valence-electron chi connectivity index (χ3n) is 1.18. The molecule has 0 aromatic carbocycles. The van der Waals surface area contributed by atoms with Gasteiger partial charge in [-0.3, -0.25) is 0 Å². The van der Waals surface area contributed by atoms with E-state index < -0.39 is 0 Å². The van der Waals surface area contributed by atoms with E-state index in [-0.39, 0.29) is 0 Å². The Bertz CT molecular complexity index is 106. The Balaban J connectivity index is 3.57. The average molecular weight is 146 g/mol. The first-order valence-corrected chi connectivity index (χ1v) is 4.23. The molecule has 0 N–H and O–H groups in total. The largest absolute Gasteiger partial charge is 0.212 e. The molecule has 0 saturated carbocycles.